The van der Waals surface area contributed by atoms with Crippen LogP contribution in [0.2, 0.25) is 0 Å². The molecule has 2 amide bonds. The first kappa shape index (κ1) is 18.9. The zero-order valence-electron chi connectivity index (χ0n) is 17.1. The third-order valence-corrected chi connectivity index (χ3v) is 7.13. The van der Waals surface area contributed by atoms with Gasteiger partial charge in [-0.15, -0.1) is 0 Å². The second-order valence-corrected chi connectivity index (χ2v) is 8.89. The highest BCUT2D eigenvalue weighted by Crippen LogP contribution is 2.36. The summed E-state index contributed by atoms with van der Waals surface area (Å²) in [6.45, 7) is 4.62. The van der Waals surface area contributed by atoms with Crippen molar-refractivity contribution in [2.24, 2.45) is 5.92 Å². The highest BCUT2D eigenvalue weighted by atomic mass is 16.5. The Hall–Kier alpha value is -2.08. The Kier molecular flexibility index (Phi) is 5.20. The Labute approximate surface area is 172 Å². The lowest BCUT2D eigenvalue weighted by Gasteiger charge is -2.31. The number of hydrogen-bond donors (Lipinski definition) is 0. The molecule has 1 saturated carbocycles. The first-order valence-electron chi connectivity index (χ1n) is 11.3. The van der Waals surface area contributed by atoms with Gasteiger partial charge in [0.05, 0.1) is 19.1 Å². The van der Waals surface area contributed by atoms with E-state index in [0.29, 0.717) is 19.0 Å². The lowest BCUT2D eigenvalue weighted by atomic mass is 9.94. The number of ether oxygens (including phenoxy) is 1. The van der Waals surface area contributed by atoms with E-state index in [9.17, 15) is 9.59 Å². The van der Waals surface area contributed by atoms with Gasteiger partial charge in [0.1, 0.15) is 0 Å². The molecule has 1 aromatic carbocycles. The van der Waals surface area contributed by atoms with Gasteiger partial charge in [0.25, 0.3) is 0 Å². The van der Waals surface area contributed by atoms with Gasteiger partial charge in [0.15, 0.2) is 0 Å². The molecule has 0 bridgehead atoms. The maximum atomic E-state index is 13.4. The van der Waals surface area contributed by atoms with Crippen molar-refractivity contribution in [3.63, 3.8) is 0 Å². The monoisotopic (exact) mass is 397 g/mol. The summed E-state index contributed by atoms with van der Waals surface area (Å²) in [7, 11) is 0. The molecule has 3 heterocycles. The Morgan fingerprint density at radius 2 is 1.83 bits per heavy atom. The van der Waals surface area contributed by atoms with Crippen LogP contribution >= 0.6 is 0 Å². The molecule has 1 aliphatic carbocycles. The molecule has 4 aliphatic rings. The van der Waals surface area contributed by atoms with E-state index in [0.717, 1.165) is 63.5 Å². The predicted octanol–water partition coefficient (Wildman–Crippen LogP) is 2.59. The van der Waals surface area contributed by atoms with E-state index in [1.165, 1.54) is 24.8 Å². The summed E-state index contributed by atoms with van der Waals surface area (Å²) in [6.07, 6.45) is 7.16. The Bertz CT molecular complexity index is 784. The Morgan fingerprint density at radius 1 is 1.03 bits per heavy atom. The fourth-order valence-electron chi connectivity index (χ4n) is 5.48. The molecule has 5 rings (SSSR count). The third-order valence-electron chi connectivity index (χ3n) is 7.13. The number of fused-ring (bicyclic) bond motifs is 1. The fraction of sp³-hybridized carbons (Fsp3) is 0.652. The van der Waals surface area contributed by atoms with Crippen LogP contribution in [0.3, 0.4) is 0 Å². The maximum Gasteiger partial charge on any atom is 0.232 e. The van der Waals surface area contributed by atoms with Gasteiger partial charge in [0, 0.05) is 50.0 Å². The second-order valence-electron chi connectivity index (χ2n) is 8.89. The van der Waals surface area contributed by atoms with Crippen LogP contribution in [0.4, 0.5) is 11.4 Å². The molecule has 1 unspecified atom stereocenters. The van der Waals surface area contributed by atoms with Gasteiger partial charge in [-0.05, 0) is 37.0 Å². The minimum absolute atomic E-state index is 0.134. The number of amides is 2. The summed E-state index contributed by atoms with van der Waals surface area (Å²) in [6, 6.07) is 6.86. The number of rotatable bonds is 3. The number of benzene rings is 1. The highest BCUT2D eigenvalue weighted by Gasteiger charge is 2.41. The average molecular weight is 398 g/mol. The average Bonchev–Trinajstić information content (AvgIpc) is 3.37. The minimum Gasteiger partial charge on any atom is -0.378 e. The largest absolute Gasteiger partial charge is 0.378 e. The second kappa shape index (κ2) is 7.98. The van der Waals surface area contributed by atoms with Crippen molar-refractivity contribution >= 4 is 23.2 Å². The first-order valence-corrected chi connectivity index (χ1v) is 11.3. The summed E-state index contributed by atoms with van der Waals surface area (Å²) in [5.41, 5.74) is 3.45. The summed E-state index contributed by atoms with van der Waals surface area (Å²) in [5.74, 6) is 0.119. The molecule has 3 fully saturated rings. The van der Waals surface area contributed by atoms with Gasteiger partial charge in [0.2, 0.25) is 11.8 Å². The van der Waals surface area contributed by atoms with Crippen LogP contribution in [0.5, 0.6) is 0 Å². The standard InChI is InChI=1S/C23H31N3O3/c27-22-14-18(16-26(22)19-4-2-1-3-5-19)23(28)25-9-8-17-6-7-20(15-21(17)25)24-10-12-29-13-11-24/h6-7,15,18-19H,1-5,8-14,16H2. The van der Waals surface area contributed by atoms with Crippen molar-refractivity contribution in [1.82, 2.24) is 4.90 Å². The van der Waals surface area contributed by atoms with Crippen LogP contribution in [-0.2, 0) is 20.7 Å². The lowest BCUT2D eigenvalue weighted by molar-refractivity contribution is -0.130. The molecule has 6 heteroatoms. The van der Waals surface area contributed by atoms with E-state index in [1.807, 2.05) is 9.80 Å². The molecule has 1 aromatic rings. The van der Waals surface area contributed by atoms with Crippen molar-refractivity contribution in [2.45, 2.75) is 51.0 Å². The predicted molar refractivity (Wildman–Crippen MR) is 112 cm³/mol. The maximum absolute atomic E-state index is 13.4. The zero-order chi connectivity index (χ0) is 19.8. The van der Waals surface area contributed by atoms with Crippen molar-refractivity contribution in [2.75, 3.05) is 49.2 Å². The number of hydrogen-bond acceptors (Lipinski definition) is 4. The lowest BCUT2D eigenvalue weighted by Crippen LogP contribution is -2.40. The summed E-state index contributed by atoms with van der Waals surface area (Å²) < 4.78 is 5.47. The van der Waals surface area contributed by atoms with E-state index in [1.54, 1.807) is 0 Å². The van der Waals surface area contributed by atoms with Gasteiger partial charge in [-0.2, -0.15) is 0 Å². The molecule has 29 heavy (non-hydrogen) atoms. The molecule has 1 atom stereocenters. The van der Waals surface area contributed by atoms with Crippen LogP contribution in [-0.4, -0.2) is 62.1 Å². The quantitative estimate of drug-likeness (QED) is 0.787. The van der Waals surface area contributed by atoms with Crippen molar-refractivity contribution < 1.29 is 14.3 Å². The number of morpholine rings is 1. The Morgan fingerprint density at radius 3 is 2.62 bits per heavy atom. The highest BCUT2D eigenvalue weighted by molar-refractivity contribution is 6.01. The smallest absolute Gasteiger partial charge is 0.232 e. The number of nitrogens with zero attached hydrogens (tertiary/aromatic N) is 3. The van der Waals surface area contributed by atoms with Crippen LogP contribution in [0.15, 0.2) is 18.2 Å². The molecule has 156 valence electrons. The topological polar surface area (TPSA) is 53.1 Å². The molecule has 2 saturated heterocycles. The number of likely N-dealkylation sites (tertiary alicyclic amines) is 1. The van der Waals surface area contributed by atoms with E-state index < -0.39 is 0 Å². The summed E-state index contributed by atoms with van der Waals surface area (Å²) in [4.78, 5) is 32.3. The zero-order valence-corrected chi connectivity index (χ0v) is 17.1. The summed E-state index contributed by atoms with van der Waals surface area (Å²) >= 11 is 0. The van der Waals surface area contributed by atoms with E-state index in [2.05, 4.69) is 23.1 Å². The molecule has 0 radical (unpaired) electrons. The van der Waals surface area contributed by atoms with Crippen LogP contribution in [0.25, 0.3) is 0 Å². The van der Waals surface area contributed by atoms with E-state index >= 15 is 0 Å². The van der Waals surface area contributed by atoms with Gasteiger partial charge < -0.3 is 19.4 Å². The number of carbonyl (C=O) groups is 2. The van der Waals surface area contributed by atoms with Crippen molar-refractivity contribution in [3.05, 3.63) is 23.8 Å². The van der Waals surface area contributed by atoms with Crippen LogP contribution < -0.4 is 9.80 Å². The molecular weight excluding hydrogens is 366 g/mol. The molecule has 3 aliphatic heterocycles. The van der Waals surface area contributed by atoms with Crippen LogP contribution in [0, 0.1) is 5.92 Å². The minimum atomic E-state index is -0.192. The molecule has 0 spiro atoms. The van der Waals surface area contributed by atoms with Gasteiger partial charge >= 0.3 is 0 Å². The SMILES string of the molecule is O=C(C1CC(=O)N(C2CCCCC2)C1)N1CCc2ccc(N3CCOCC3)cc21. The fourth-order valence-corrected chi connectivity index (χ4v) is 5.48. The first-order chi connectivity index (χ1) is 14.2. The molecule has 0 N–H and O–H groups in total. The normalized spacial score (nSPS) is 25.6. The summed E-state index contributed by atoms with van der Waals surface area (Å²) in [5, 5.41) is 0. The van der Waals surface area contributed by atoms with Crippen molar-refractivity contribution in [3.8, 4) is 0 Å². The Balaban J connectivity index is 1.31. The van der Waals surface area contributed by atoms with Crippen molar-refractivity contribution in [1.29, 1.82) is 0 Å². The van der Waals surface area contributed by atoms with E-state index in [4.69, 9.17) is 4.74 Å². The van der Waals surface area contributed by atoms with Gasteiger partial charge in [-0.1, -0.05) is 25.3 Å². The molecular formula is C23H31N3O3. The van der Waals surface area contributed by atoms with Crippen LogP contribution in [0.1, 0.15) is 44.1 Å². The number of anilines is 2. The van der Waals surface area contributed by atoms with Gasteiger partial charge in [-0.3, -0.25) is 9.59 Å². The van der Waals surface area contributed by atoms with Gasteiger partial charge in [-0.25, -0.2) is 0 Å². The third kappa shape index (κ3) is 3.63. The van der Waals surface area contributed by atoms with E-state index in [-0.39, 0.29) is 17.7 Å². The molecule has 6 nitrogen and oxygen atoms in total. The molecule has 0 aromatic heterocycles. The number of carbonyl (C=O) groups excluding carboxylic acids is 2.